The Labute approximate surface area is 167 Å². The highest BCUT2D eigenvalue weighted by atomic mass is 32.2. The molecule has 0 spiro atoms. The normalized spacial score (nSPS) is 16.2. The SMILES string of the molecule is O=C(Nc1cccc(C(F)(F)F)c1)c1ccc(S(=O)(=O)N2CCCCCC2)cc1. The van der Waals surface area contributed by atoms with Crippen molar-refractivity contribution in [1.29, 1.82) is 0 Å². The summed E-state index contributed by atoms with van der Waals surface area (Å²) < 4.78 is 65.4. The zero-order valence-electron chi connectivity index (χ0n) is 15.6. The molecule has 0 atom stereocenters. The quantitative estimate of drug-likeness (QED) is 0.782. The number of sulfonamides is 1. The second kappa shape index (κ2) is 8.54. The van der Waals surface area contributed by atoms with Gasteiger partial charge in [-0.1, -0.05) is 18.9 Å². The molecule has 0 saturated carbocycles. The number of benzene rings is 2. The Kier molecular flexibility index (Phi) is 6.28. The van der Waals surface area contributed by atoms with Crippen LogP contribution in [-0.4, -0.2) is 31.7 Å². The fraction of sp³-hybridized carbons (Fsp3) is 0.350. The third-order valence-corrected chi connectivity index (χ3v) is 6.68. The van der Waals surface area contributed by atoms with Crippen LogP contribution in [0, 0.1) is 0 Å². The summed E-state index contributed by atoms with van der Waals surface area (Å²) >= 11 is 0. The molecule has 156 valence electrons. The van der Waals surface area contributed by atoms with E-state index in [1.54, 1.807) is 0 Å². The van der Waals surface area contributed by atoms with Crippen molar-refractivity contribution in [3.05, 3.63) is 59.7 Å². The average molecular weight is 426 g/mol. The molecule has 0 unspecified atom stereocenters. The van der Waals surface area contributed by atoms with Crippen LogP contribution in [0.3, 0.4) is 0 Å². The number of halogens is 3. The van der Waals surface area contributed by atoms with E-state index in [1.165, 1.54) is 40.7 Å². The van der Waals surface area contributed by atoms with E-state index in [0.29, 0.717) is 13.1 Å². The fourth-order valence-electron chi connectivity index (χ4n) is 3.19. The Hall–Kier alpha value is -2.39. The number of carbonyl (C=O) groups excluding carboxylic acids is 1. The lowest BCUT2D eigenvalue weighted by atomic mass is 10.1. The summed E-state index contributed by atoms with van der Waals surface area (Å²) in [6.07, 6.45) is -0.876. The maximum atomic E-state index is 12.8. The predicted molar refractivity (Wildman–Crippen MR) is 103 cm³/mol. The van der Waals surface area contributed by atoms with Gasteiger partial charge >= 0.3 is 6.18 Å². The number of hydrogen-bond acceptors (Lipinski definition) is 3. The van der Waals surface area contributed by atoms with Crippen molar-refractivity contribution in [2.24, 2.45) is 0 Å². The van der Waals surface area contributed by atoms with E-state index in [9.17, 15) is 26.4 Å². The second-order valence-electron chi connectivity index (χ2n) is 6.88. The zero-order chi connectivity index (χ0) is 21.1. The van der Waals surface area contributed by atoms with Crippen molar-refractivity contribution >= 4 is 21.6 Å². The lowest BCUT2D eigenvalue weighted by Gasteiger charge is -2.20. The van der Waals surface area contributed by atoms with Crippen molar-refractivity contribution < 1.29 is 26.4 Å². The Balaban J connectivity index is 1.73. The maximum Gasteiger partial charge on any atom is 0.416 e. The minimum atomic E-state index is -4.51. The number of anilines is 1. The molecular weight excluding hydrogens is 405 g/mol. The van der Waals surface area contributed by atoms with Crippen LogP contribution in [0.4, 0.5) is 18.9 Å². The molecule has 1 fully saturated rings. The van der Waals surface area contributed by atoms with Crippen molar-refractivity contribution in [2.75, 3.05) is 18.4 Å². The highest BCUT2D eigenvalue weighted by molar-refractivity contribution is 7.89. The third-order valence-electron chi connectivity index (χ3n) is 4.77. The molecule has 0 radical (unpaired) electrons. The van der Waals surface area contributed by atoms with Crippen LogP contribution in [0.15, 0.2) is 53.4 Å². The first-order chi connectivity index (χ1) is 13.7. The molecule has 0 bridgehead atoms. The molecule has 29 heavy (non-hydrogen) atoms. The zero-order valence-corrected chi connectivity index (χ0v) is 16.4. The first-order valence-electron chi connectivity index (χ1n) is 9.27. The number of amides is 1. The second-order valence-corrected chi connectivity index (χ2v) is 8.81. The standard InChI is InChI=1S/C20H21F3N2O3S/c21-20(22,23)16-6-5-7-17(14-16)24-19(26)15-8-10-18(11-9-15)29(27,28)25-12-3-1-2-4-13-25/h5-11,14H,1-4,12-13H2,(H,24,26). The summed E-state index contributed by atoms with van der Waals surface area (Å²) in [4.78, 5) is 12.4. The molecule has 1 aliphatic heterocycles. The van der Waals surface area contributed by atoms with Gasteiger partial charge in [-0.15, -0.1) is 0 Å². The number of carbonyl (C=O) groups is 1. The van der Waals surface area contributed by atoms with Gasteiger partial charge in [-0.05, 0) is 55.3 Å². The van der Waals surface area contributed by atoms with Gasteiger partial charge in [0.2, 0.25) is 10.0 Å². The molecule has 0 aliphatic carbocycles. The van der Waals surface area contributed by atoms with Crippen LogP contribution < -0.4 is 5.32 Å². The highest BCUT2D eigenvalue weighted by Crippen LogP contribution is 2.30. The van der Waals surface area contributed by atoms with Crippen molar-refractivity contribution in [3.63, 3.8) is 0 Å². The summed E-state index contributed by atoms with van der Waals surface area (Å²) in [6, 6.07) is 9.72. The molecule has 1 heterocycles. The summed E-state index contributed by atoms with van der Waals surface area (Å²) in [6.45, 7) is 0.945. The molecule has 2 aromatic rings. The third kappa shape index (κ3) is 5.16. The first-order valence-corrected chi connectivity index (χ1v) is 10.7. The number of hydrogen-bond donors (Lipinski definition) is 1. The number of rotatable bonds is 4. The van der Waals surface area contributed by atoms with Crippen molar-refractivity contribution in [2.45, 2.75) is 36.8 Å². The average Bonchev–Trinajstić information content (AvgIpc) is 2.98. The Morgan fingerprint density at radius 3 is 2.14 bits per heavy atom. The minimum Gasteiger partial charge on any atom is -0.322 e. The van der Waals surface area contributed by atoms with E-state index < -0.39 is 27.7 Å². The predicted octanol–water partition coefficient (Wildman–Crippen LogP) is 4.52. The van der Waals surface area contributed by atoms with E-state index in [2.05, 4.69) is 5.32 Å². The number of nitrogens with zero attached hydrogens (tertiary/aromatic N) is 1. The Bertz CT molecular complexity index is 965. The lowest BCUT2D eigenvalue weighted by Crippen LogP contribution is -2.31. The number of alkyl halides is 3. The summed E-state index contributed by atoms with van der Waals surface area (Å²) in [5.41, 5.74) is -0.711. The van der Waals surface area contributed by atoms with Gasteiger partial charge in [-0.3, -0.25) is 4.79 Å². The molecule has 2 aromatic carbocycles. The van der Waals surface area contributed by atoms with Gasteiger partial charge in [0.05, 0.1) is 10.5 Å². The van der Waals surface area contributed by atoms with E-state index >= 15 is 0 Å². The monoisotopic (exact) mass is 426 g/mol. The molecule has 1 N–H and O–H groups in total. The molecule has 3 rings (SSSR count). The first kappa shape index (κ1) is 21.3. The van der Waals surface area contributed by atoms with Gasteiger partial charge in [0.1, 0.15) is 0 Å². The van der Waals surface area contributed by atoms with Crippen LogP contribution in [0.1, 0.15) is 41.6 Å². The van der Waals surface area contributed by atoms with E-state index in [-0.39, 0.29) is 16.1 Å². The smallest absolute Gasteiger partial charge is 0.322 e. The molecular formula is C20H21F3N2O3S. The van der Waals surface area contributed by atoms with Crippen LogP contribution >= 0.6 is 0 Å². The van der Waals surface area contributed by atoms with Gasteiger partial charge < -0.3 is 5.32 Å². The van der Waals surface area contributed by atoms with E-state index in [0.717, 1.165) is 37.8 Å². The van der Waals surface area contributed by atoms with Crippen molar-refractivity contribution in [1.82, 2.24) is 4.31 Å². The highest BCUT2D eigenvalue weighted by Gasteiger charge is 2.30. The van der Waals surface area contributed by atoms with Crippen LogP contribution in [0.25, 0.3) is 0 Å². The fourth-order valence-corrected chi connectivity index (χ4v) is 4.70. The molecule has 9 heteroatoms. The largest absolute Gasteiger partial charge is 0.416 e. The van der Waals surface area contributed by atoms with Crippen LogP contribution in [0.2, 0.25) is 0 Å². The van der Waals surface area contributed by atoms with Gasteiger partial charge in [0, 0.05) is 24.3 Å². The Morgan fingerprint density at radius 1 is 0.931 bits per heavy atom. The molecule has 5 nitrogen and oxygen atoms in total. The molecule has 0 aromatic heterocycles. The maximum absolute atomic E-state index is 12.8. The van der Waals surface area contributed by atoms with Crippen LogP contribution in [-0.2, 0) is 16.2 Å². The number of nitrogens with one attached hydrogen (secondary N) is 1. The lowest BCUT2D eigenvalue weighted by molar-refractivity contribution is -0.137. The van der Waals surface area contributed by atoms with Crippen LogP contribution in [0.5, 0.6) is 0 Å². The van der Waals surface area contributed by atoms with Gasteiger partial charge in [-0.2, -0.15) is 17.5 Å². The summed E-state index contributed by atoms with van der Waals surface area (Å²) in [5.74, 6) is -0.622. The van der Waals surface area contributed by atoms with E-state index in [4.69, 9.17) is 0 Å². The van der Waals surface area contributed by atoms with Gasteiger partial charge in [0.25, 0.3) is 5.91 Å². The van der Waals surface area contributed by atoms with Gasteiger partial charge in [-0.25, -0.2) is 8.42 Å². The van der Waals surface area contributed by atoms with Crippen molar-refractivity contribution in [3.8, 4) is 0 Å². The Morgan fingerprint density at radius 2 is 1.55 bits per heavy atom. The molecule has 1 aliphatic rings. The topological polar surface area (TPSA) is 66.5 Å². The van der Waals surface area contributed by atoms with Gasteiger partial charge in [0.15, 0.2) is 0 Å². The minimum absolute atomic E-state index is 0.00564. The molecule has 1 amide bonds. The summed E-state index contributed by atoms with van der Waals surface area (Å²) in [7, 11) is -3.63. The molecule has 1 saturated heterocycles. The summed E-state index contributed by atoms with van der Waals surface area (Å²) in [5, 5.41) is 2.40. The van der Waals surface area contributed by atoms with E-state index in [1.807, 2.05) is 0 Å².